The van der Waals surface area contributed by atoms with E-state index >= 15 is 0 Å². The molecule has 2 aliphatic heterocycles. The van der Waals surface area contributed by atoms with Crippen LogP contribution < -0.4 is 5.32 Å². The number of aliphatic imine (C=N–C) groups is 1. The van der Waals surface area contributed by atoms with Gasteiger partial charge in [0, 0.05) is 52.3 Å². The van der Waals surface area contributed by atoms with Crippen LogP contribution in [0.2, 0.25) is 0 Å². The topological polar surface area (TPSA) is 75.6 Å². The molecule has 0 aromatic heterocycles. The molecule has 9 heteroatoms. The summed E-state index contributed by atoms with van der Waals surface area (Å²) in [5.74, 6) is 2.06. The lowest BCUT2D eigenvalue weighted by Crippen LogP contribution is -2.43. The number of amides is 1. The first-order valence-corrected chi connectivity index (χ1v) is 11.4. The van der Waals surface area contributed by atoms with Gasteiger partial charge in [-0.25, -0.2) is 4.79 Å². The first kappa shape index (κ1) is 28.2. The number of piperidine rings is 1. The molecule has 0 aliphatic carbocycles. The minimum absolute atomic E-state index is 0. The van der Waals surface area contributed by atoms with Gasteiger partial charge in [-0.05, 0) is 52.9 Å². The first-order chi connectivity index (χ1) is 14.3. The Balaban J connectivity index is 0.00000480. The Morgan fingerprint density at radius 2 is 1.71 bits per heavy atom. The maximum atomic E-state index is 12.2. The number of nitrogens with zero attached hydrogens (tertiary/aromatic N) is 3. The molecule has 2 saturated heterocycles. The highest BCUT2D eigenvalue weighted by Crippen LogP contribution is 2.21. The summed E-state index contributed by atoms with van der Waals surface area (Å²) in [6, 6.07) is 0. The van der Waals surface area contributed by atoms with Gasteiger partial charge in [-0.3, -0.25) is 4.99 Å². The van der Waals surface area contributed by atoms with Crippen LogP contribution >= 0.6 is 24.0 Å². The average Bonchev–Trinajstić information content (AvgIpc) is 3.16. The Morgan fingerprint density at radius 1 is 1.06 bits per heavy atom. The normalized spacial score (nSPS) is 20.5. The summed E-state index contributed by atoms with van der Waals surface area (Å²) in [6.45, 7) is 15.1. The molecule has 2 fully saturated rings. The van der Waals surface area contributed by atoms with Crippen molar-refractivity contribution in [3.63, 3.8) is 0 Å². The molecule has 1 N–H and O–H groups in total. The van der Waals surface area contributed by atoms with E-state index in [0.717, 1.165) is 71.1 Å². The fourth-order valence-corrected chi connectivity index (χ4v) is 3.82. The Bertz CT molecular complexity index is 548. The Morgan fingerprint density at radius 3 is 2.32 bits per heavy atom. The number of rotatable bonds is 8. The third kappa shape index (κ3) is 10.6. The van der Waals surface area contributed by atoms with Crippen molar-refractivity contribution in [3.05, 3.63) is 0 Å². The van der Waals surface area contributed by atoms with E-state index in [0.29, 0.717) is 25.0 Å². The van der Waals surface area contributed by atoms with Crippen LogP contribution in [-0.2, 0) is 14.2 Å². The van der Waals surface area contributed by atoms with E-state index in [-0.39, 0.29) is 30.1 Å². The average molecular weight is 555 g/mol. The molecular formula is C22H43IN4O4. The fraction of sp³-hybridized carbons (Fsp3) is 0.909. The number of ether oxygens (including phenoxy) is 3. The molecule has 0 aromatic carbocycles. The zero-order valence-electron chi connectivity index (χ0n) is 20.0. The van der Waals surface area contributed by atoms with Gasteiger partial charge in [-0.15, -0.1) is 24.0 Å². The Labute approximate surface area is 205 Å². The number of halogens is 1. The molecule has 182 valence electrons. The van der Waals surface area contributed by atoms with Gasteiger partial charge in [0.25, 0.3) is 0 Å². The van der Waals surface area contributed by atoms with E-state index < -0.39 is 5.60 Å². The summed E-state index contributed by atoms with van der Waals surface area (Å²) < 4.78 is 16.2. The van der Waals surface area contributed by atoms with Crippen LogP contribution in [-0.4, -0.2) is 93.7 Å². The van der Waals surface area contributed by atoms with E-state index in [1.807, 2.05) is 25.7 Å². The number of nitrogens with one attached hydrogen (secondary N) is 1. The number of hydrogen-bond donors (Lipinski definition) is 1. The van der Waals surface area contributed by atoms with Crippen LogP contribution in [0.3, 0.4) is 0 Å². The zero-order valence-corrected chi connectivity index (χ0v) is 22.4. The van der Waals surface area contributed by atoms with Crippen LogP contribution in [0.1, 0.15) is 47.0 Å². The summed E-state index contributed by atoms with van der Waals surface area (Å²) in [5.41, 5.74) is -0.443. The predicted octanol–water partition coefficient (Wildman–Crippen LogP) is 3.20. The molecule has 1 atom stereocenters. The molecular weight excluding hydrogens is 511 g/mol. The van der Waals surface area contributed by atoms with Crippen LogP contribution in [0.4, 0.5) is 4.79 Å². The van der Waals surface area contributed by atoms with Crippen molar-refractivity contribution in [1.29, 1.82) is 0 Å². The van der Waals surface area contributed by atoms with Crippen molar-refractivity contribution >= 4 is 36.0 Å². The molecule has 1 unspecified atom stereocenters. The van der Waals surface area contributed by atoms with Crippen molar-refractivity contribution in [3.8, 4) is 0 Å². The van der Waals surface area contributed by atoms with E-state index in [4.69, 9.17) is 19.2 Å². The van der Waals surface area contributed by atoms with Gasteiger partial charge < -0.3 is 29.3 Å². The van der Waals surface area contributed by atoms with Gasteiger partial charge in [0.1, 0.15) is 5.60 Å². The molecule has 2 rings (SSSR count). The minimum atomic E-state index is -0.443. The molecule has 0 radical (unpaired) electrons. The summed E-state index contributed by atoms with van der Waals surface area (Å²) >= 11 is 0. The molecule has 0 aromatic rings. The summed E-state index contributed by atoms with van der Waals surface area (Å²) in [6.07, 6.45) is 2.87. The summed E-state index contributed by atoms with van der Waals surface area (Å²) in [5, 5.41) is 3.44. The maximum absolute atomic E-state index is 12.2. The number of hydrogen-bond acceptors (Lipinski definition) is 5. The van der Waals surface area contributed by atoms with Gasteiger partial charge in [0.2, 0.25) is 0 Å². The lowest BCUT2D eigenvalue weighted by molar-refractivity contribution is 0.0187. The second-order valence-electron chi connectivity index (χ2n) is 9.27. The molecule has 0 bridgehead atoms. The van der Waals surface area contributed by atoms with Crippen LogP contribution in [0.5, 0.6) is 0 Å². The summed E-state index contributed by atoms with van der Waals surface area (Å²) in [7, 11) is 1.70. The van der Waals surface area contributed by atoms with Crippen LogP contribution in [0.25, 0.3) is 0 Å². The number of carbonyl (C=O) groups excluding carboxylic acids is 1. The van der Waals surface area contributed by atoms with E-state index in [1.54, 1.807) is 7.11 Å². The van der Waals surface area contributed by atoms with Crippen LogP contribution in [0, 0.1) is 11.8 Å². The first-order valence-electron chi connectivity index (χ1n) is 11.4. The molecule has 1 amide bonds. The third-order valence-electron chi connectivity index (χ3n) is 5.47. The van der Waals surface area contributed by atoms with Crippen molar-refractivity contribution in [2.45, 2.75) is 52.6 Å². The largest absolute Gasteiger partial charge is 0.444 e. The SMILES string of the molecule is CCNC(=NCC1CCN(C(=O)OC(C)(C)C)CC1)N1CCC(COCCOC)C1.I. The van der Waals surface area contributed by atoms with Gasteiger partial charge in [-0.1, -0.05) is 0 Å². The van der Waals surface area contributed by atoms with Crippen molar-refractivity contribution < 1.29 is 19.0 Å². The van der Waals surface area contributed by atoms with Gasteiger partial charge in [0.15, 0.2) is 5.96 Å². The molecule has 0 saturated carbocycles. The Hall–Kier alpha value is -0.810. The molecule has 8 nitrogen and oxygen atoms in total. The second-order valence-corrected chi connectivity index (χ2v) is 9.27. The Kier molecular flexibility index (Phi) is 13.1. The minimum Gasteiger partial charge on any atom is -0.444 e. The zero-order chi connectivity index (χ0) is 22.0. The lowest BCUT2D eigenvalue weighted by atomic mass is 9.97. The predicted molar refractivity (Wildman–Crippen MR) is 134 cm³/mol. The smallest absolute Gasteiger partial charge is 0.410 e. The molecule has 0 spiro atoms. The van der Waals surface area contributed by atoms with Crippen molar-refractivity contribution in [1.82, 2.24) is 15.1 Å². The highest BCUT2D eigenvalue weighted by Gasteiger charge is 2.28. The molecule has 2 aliphatic rings. The lowest BCUT2D eigenvalue weighted by Gasteiger charge is -2.33. The molecule has 31 heavy (non-hydrogen) atoms. The standard InChI is InChI=1S/C22H42N4O4.HI/c1-6-23-20(26-12-9-19(16-26)17-29-14-13-28-5)24-15-18-7-10-25(11-8-18)21(27)30-22(2,3)4;/h18-19H,6-17H2,1-5H3,(H,23,24);1H. The number of likely N-dealkylation sites (tertiary alicyclic amines) is 2. The van der Waals surface area contributed by atoms with E-state index in [1.165, 1.54) is 0 Å². The number of carbonyl (C=O) groups is 1. The van der Waals surface area contributed by atoms with E-state index in [2.05, 4.69) is 17.1 Å². The van der Waals surface area contributed by atoms with Crippen LogP contribution in [0.15, 0.2) is 4.99 Å². The number of guanidine groups is 1. The molecule has 2 heterocycles. The van der Waals surface area contributed by atoms with Crippen molar-refractivity contribution in [2.75, 3.05) is 66.2 Å². The highest BCUT2D eigenvalue weighted by molar-refractivity contribution is 14.0. The maximum Gasteiger partial charge on any atom is 0.410 e. The number of methoxy groups -OCH3 is 1. The second kappa shape index (κ2) is 14.4. The highest BCUT2D eigenvalue weighted by atomic mass is 127. The summed E-state index contributed by atoms with van der Waals surface area (Å²) in [4.78, 5) is 21.3. The third-order valence-corrected chi connectivity index (χ3v) is 5.47. The van der Waals surface area contributed by atoms with E-state index in [9.17, 15) is 4.79 Å². The quantitative estimate of drug-likeness (QED) is 0.215. The fourth-order valence-electron chi connectivity index (χ4n) is 3.82. The van der Waals surface area contributed by atoms with Gasteiger partial charge >= 0.3 is 6.09 Å². The van der Waals surface area contributed by atoms with Crippen molar-refractivity contribution in [2.24, 2.45) is 16.8 Å². The van der Waals surface area contributed by atoms with Gasteiger partial charge in [-0.2, -0.15) is 0 Å². The monoisotopic (exact) mass is 554 g/mol. The van der Waals surface area contributed by atoms with Gasteiger partial charge in [0.05, 0.1) is 19.8 Å².